The lowest BCUT2D eigenvalue weighted by Gasteiger charge is -2.44. The molecule has 5 atom stereocenters. The summed E-state index contributed by atoms with van der Waals surface area (Å²) in [6.45, 7) is 2.88. The van der Waals surface area contributed by atoms with Gasteiger partial charge in [-0.15, -0.1) is 0 Å². The fourth-order valence-electron chi connectivity index (χ4n) is 4.20. The monoisotopic (exact) mass is 616 g/mol. The number of rotatable bonds is 13. The van der Waals surface area contributed by atoms with Crippen LogP contribution in [-0.2, 0) is 60.8 Å². The maximum atomic E-state index is 12.9. The summed E-state index contributed by atoms with van der Waals surface area (Å²) >= 11 is 0. The Morgan fingerprint density at radius 3 is 1.80 bits per heavy atom. The quantitative estimate of drug-likeness (QED) is 0.191. The Labute approximate surface area is 254 Å². The molecule has 0 spiro atoms. The number of amides is 2. The van der Waals surface area contributed by atoms with Crippen molar-refractivity contribution in [1.29, 1.82) is 0 Å². The van der Waals surface area contributed by atoms with Crippen molar-refractivity contribution < 1.29 is 57.1 Å². The summed E-state index contributed by atoms with van der Waals surface area (Å²) in [6, 6.07) is 16.7. The van der Waals surface area contributed by atoms with E-state index in [1.165, 1.54) is 6.92 Å². The first-order valence-corrected chi connectivity index (χ1v) is 13.8. The van der Waals surface area contributed by atoms with E-state index in [0.717, 1.165) is 25.0 Å². The Hall–Kier alpha value is -4.69. The van der Waals surface area contributed by atoms with Gasteiger partial charge in [0.25, 0.3) is 0 Å². The van der Waals surface area contributed by atoms with E-state index >= 15 is 0 Å². The van der Waals surface area contributed by atoms with Crippen LogP contribution in [0.25, 0.3) is 0 Å². The molecule has 238 valence electrons. The zero-order valence-corrected chi connectivity index (χ0v) is 24.6. The molecule has 1 saturated heterocycles. The Kier molecular flexibility index (Phi) is 13.4. The van der Waals surface area contributed by atoms with Crippen molar-refractivity contribution in [3.8, 4) is 0 Å². The van der Waals surface area contributed by atoms with Crippen molar-refractivity contribution in [2.45, 2.75) is 64.6 Å². The minimum absolute atomic E-state index is 0.0289. The summed E-state index contributed by atoms with van der Waals surface area (Å²) in [4.78, 5) is 60.7. The molecule has 0 unspecified atom stereocenters. The maximum Gasteiger partial charge on any atom is 0.407 e. The van der Waals surface area contributed by atoms with Crippen LogP contribution >= 0.6 is 0 Å². The zero-order chi connectivity index (χ0) is 31.9. The number of hydrogen-bond donors (Lipinski definition) is 2. The summed E-state index contributed by atoms with van der Waals surface area (Å²) in [7, 11) is 0. The molecule has 3 rings (SSSR count). The van der Waals surface area contributed by atoms with Gasteiger partial charge in [-0.1, -0.05) is 60.7 Å². The molecule has 2 amide bonds. The van der Waals surface area contributed by atoms with Crippen molar-refractivity contribution in [2.75, 3.05) is 19.8 Å². The molecule has 2 aromatic rings. The second-order valence-corrected chi connectivity index (χ2v) is 9.58. The van der Waals surface area contributed by atoms with Crippen molar-refractivity contribution in [1.82, 2.24) is 10.6 Å². The lowest BCUT2D eigenvalue weighted by molar-refractivity contribution is -0.276. The molecule has 1 fully saturated rings. The normalized spacial score (nSPS) is 20.8. The van der Waals surface area contributed by atoms with E-state index in [0.29, 0.717) is 0 Å². The van der Waals surface area contributed by atoms with E-state index in [1.54, 1.807) is 24.3 Å². The molecule has 0 aliphatic carbocycles. The third-order valence-corrected chi connectivity index (χ3v) is 6.06. The zero-order valence-electron chi connectivity index (χ0n) is 24.6. The van der Waals surface area contributed by atoms with Crippen LogP contribution in [0, 0.1) is 0 Å². The van der Waals surface area contributed by atoms with Crippen molar-refractivity contribution >= 4 is 30.1 Å². The first kappa shape index (κ1) is 33.8. The van der Waals surface area contributed by atoms with Gasteiger partial charge in [0.1, 0.15) is 32.0 Å². The van der Waals surface area contributed by atoms with Crippen LogP contribution in [0.4, 0.5) is 9.59 Å². The molecular formula is C30H36N2O12. The summed E-state index contributed by atoms with van der Waals surface area (Å²) in [5.41, 5.74) is 1.52. The fraction of sp³-hybridized carbons (Fsp3) is 0.433. The molecule has 1 aliphatic heterocycles. The molecule has 0 bridgehead atoms. The van der Waals surface area contributed by atoms with Gasteiger partial charge >= 0.3 is 30.1 Å². The predicted molar refractivity (Wildman–Crippen MR) is 151 cm³/mol. The number of carbonyl (C=O) groups is 5. The van der Waals surface area contributed by atoms with E-state index in [9.17, 15) is 24.0 Å². The van der Waals surface area contributed by atoms with E-state index in [4.69, 9.17) is 33.2 Å². The number of esters is 3. The molecule has 2 aromatic carbocycles. The Bertz CT molecular complexity index is 1240. The van der Waals surface area contributed by atoms with Crippen molar-refractivity contribution in [3.05, 3.63) is 71.8 Å². The van der Waals surface area contributed by atoms with Gasteiger partial charge in [0.05, 0.1) is 6.61 Å². The van der Waals surface area contributed by atoms with Crippen molar-refractivity contribution in [3.63, 3.8) is 0 Å². The van der Waals surface area contributed by atoms with E-state index in [-0.39, 0.29) is 33.0 Å². The van der Waals surface area contributed by atoms with Crippen molar-refractivity contribution in [2.24, 2.45) is 0 Å². The fourth-order valence-corrected chi connectivity index (χ4v) is 4.20. The average molecular weight is 617 g/mol. The van der Waals surface area contributed by atoms with Gasteiger partial charge in [-0.25, -0.2) is 9.59 Å². The smallest absolute Gasteiger partial charge is 0.407 e. The largest absolute Gasteiger partial charge is 0.463 e. The molecule has 0 saturated carbocycles. The topological polar surface area (TPSA) is 174 Å². The van der Waals surface area contributed by atoms with Gasteiger partial charge in [0, 0.05) is 27.3 Å². The number of hydrogen-bond acceptors (Lipinski definition) is 12. The number of benzene rings is 2. The molecule has 44 heavy (non-hydrogen) atoms. The number of ether oxygens (including phenoxy) is 7. The molecule has 14 heteroatoms. The van der Waals surface area contributed by atoms with Crippen LogP contribution in [0.5, 0.6) is 0 Å². The summed E-state index contributed by atoms with van der Waals surface area (Å²) in [5.74, 6) is -2.14. The average Bonchev–Trinajstić information content (AvgIpc) is 2.99. The Balaban J connectivity index is 1.72. The third kappa shape index (κ3) is 11.5. The number of carbonyl (C=O) groups excluding carboxylic acids is 5. The highest BCUT2D eigenvalue weighted by Crippen LogP contribution is 2.28. The first-order chi connectivity index (χ1) is 21.1. The first-order valence-electron chi connectivity index (χ1n) is 13.8. The molecular weight excluding hydrogens is 580 g/mol. The van der Waals surface area contributed by atoms with E-state index in [2.05, 4.69) is 10.6 Å². The van der Waals surface area contributed by atoms with Gasteiger partial charge in [-0.2, -0.15) is 0 Å². The predicted octanol–water partition coefficient (Wildman–Crippen LogP) is 2.38. The minimum Gasteiger partial charge on any atom is -0.463 e. The van der Waals surface area contributed by atoms with Crippen LogP contribution in [0.2, 0.25) is 0 Å². The standard InChI is InChI=1S/C30H36N2O12/c1-19(33)39-18-24-26(42-20(2)34)27(43-21(3)35)25(32-30(37)41-17-23-12-8-5-9-13-23)28(44-24)38-15-14-31-29(36)40-16-22-10-6-4-7-11-22/h4-13,24-28H,14-18H2,1-3H3,(H,31,36)(H,32,37)/t24-,25+,26-,27-,28+/m1/s1. The third-order valence-electron chi connectivity index (χ3n) is 6.06. The number of alkyl carbamates (subject to hydrolysis) is 2. The van der Waals surface area contributed by atoms with E-state index in [1.807, 2.05) is 36.4 Å². The van der Waals surface area contributed by atoms with Gasteiger partial charge in [-0.05, 0) is 11.1 Å². The molecule has 0 radical (unpaired) electrons. The van der Waals surface area contributed by atoms with Gasteiger partial charge in [0.2, 0.25) is 0 Å². The van der Waals surface area contributed by atoms with Gasteiger partial charge in [-0.3, -0.25) is 14.4 Å². The summed E-state index contributed by atoms with van der Waals surface area (Å²) in [6.07, 6.45) is -6.74. The molecule has 1 heterocycles. The maximum absolute atomic E-state index is 12.9. The van der Waals surface area contributed by atoms with Crippen LogP contribution in [0.1, 0.15) is 31.9 Å². The van der Waals surface area contributed by atoms with Crippen LogP contribution < -0.4 is 10.6 Å². The highest BCUT2D eigenvalue weighted by atomic mass is 16.7. The van der Waals surface area contributed by atoms with Gasteiger partial charge < -0.3 is 43.8 Å². The van der Waals surface area contributed by atoms with Crippen LogP contribution in [-0.4, -0.2) is 80.5 Å². The highest BCUT2D eigenvalue weighted by molar-refractivity contribution is 5.70. The van der Waals surface area contributed by atoms with Gasteiger partial charge in [0.15, 0.2) is 18.5 Å². The lowest BCUT2D eigenvalue weighted by Crippen LogP contribution is -2.67. The van der Waals surface area contributed by atoms with Crippen LogP contribution in [0.15, 0.2) is 60.7 Å². The lowest BCUT2D eigenvalue weighted by atomic mass is 9.96. The summed E-state index contributed by atoms with van der Waals surface area (Å²) in [5, 5.41) is 5.11. The second-order valence-electron chi connectivity index (χ2n) is 9.58. The molecule has 14 nitrogen and oxygen atoms in total. The molecule has 2 N–H and O–H groups in total. The van der Waals surface area contributed by atoms with E-state index < -0.39 is 60.7 Å². The Morgan fingerprint density at radius 1 is 0.705 bits per heavy atom. The highest BCUT2D eigenvalue weighted by Gasteiger charge is 2.51. The SMILES string of the molecule is CC(=O)OC[C@H]1O[C@H](OCCNC(=O)OCc2ccccc2)[C@@H](NC(=O)OCc2ccccc2)[C@@H](OC(C)=O)[C@@H]1OC(C)=O. The molecule has 1 aliphatic rings. The molecule has 0 aromatic heterocycles. The Morgan fingerprint density at radius 2 is 1.25 bits per heavy atom. The number of nitrogens with one attached hydrogen (secondary N) is 2. The minimum atomic E-state index is -1.34. The van der Waals surface area contributed by atoms with Crippen LogP contribution in [0.3, 0.4) is 0 Å². The second kappa shape index (κ2) is 17.4. The summed E-state index contributed by atoms with van der Waals surface area (Å²) < 4.78 is 38.3.